The summed E-state index contributed by atoms with van der Waals surface area (Å²) < 4.78 is 28.7. The van der Waals surface area contributed by atoms with E-state index in [1.54, 1.807) is 10.4 Å². The normalized spacial score (nSPS) is 27.5. The molecule has 2 fully saturated rings. The lowest BCUT2D eigenvalue weighted by molar-refractivity contribution is 0.334. The van der Waals surface area contributed by atoms with Gasteiger partial charge in [0.05, 0.1) is 4.90 Å². The molecule has 110 valence electrons. The van der Waals surface area contributed by atoms with Gasteiger partial charge in [-0.05, 0) is 50.4 Å². The van der Waals surface area contributed by atoms with Crippen LogP contribution in [0, 0.1) is 6.92 Å². The van der Waals surface area contributed by atoms with Gasteiger partial charge in [-0.15, -0.1) is 0 Å². The average Bonchev–Trinajstić information content (AvgIpc) is 2.66. The smallest absolute Gasteiger partial charge is 0.243 e. The minimum absolute atomic E-state index is 0.103. The fourth-order valence-corrected chi connectivity index (χ4v) is 5.96. The predicted octanol–water partition coefficient (Wildman–Crippen LogP) is 2.27. The summed E-state index contributed by atoms with van der Waals surface area (Å²) >= 11 is 3.38. The molecule has 2 heterocycles. The van der Waals surface area contributed by atoms with Crippen LogP contribution < -0.4 is 5.32 Å². The Hall–Kier alpha value is -0.430. The van der Waals surface area contributed by atoms with Crippen molar-refractivity contribution >= 4 is 26.0 Å². The van der Waals surface area contributed by atoms with E-state index in [1.807, 2.05) is 19.1 Å². The fraction of sp³-hybridized carbons (Fsp3) is 0.571. The van der Waals surface area contributed by atoms with Crippen LogP contribution in [0.4, 0.5) is 0 Å². The Kier molecular flexibility index (Phi) is 3.92. The first-order chi connectivity index (χ1) is 9.50. The summed E-state index contributed by atoms with van der Waals surface area (Å²) in [5, 5.41) is 3.34. The minimum atomic E-state index is -3.41. The van der Waals surface area contributed by atoms with Crippen LogP contribution in [0.15, 0.2) is 27.6 Å². The Morgan fingerprint density at radius 1 is 1.25 bits per heavy atom. The number of nitrogens with one attached hydrogen (secondary N) is 1. The molecule has 20 heavy (non-hydrogen) atoms. The first kappa shape index (κ1) is 14.5. The Bertz CT molecular complexity index is 604. The summed E-state index contributed by atoms with van der Waals surface area (Å²) in [6, 6.07) is 5.72. The van der Waals surface area contributed by atoms with Crippen LogP contribution in [0.1, 0.15) is 24.8 Å². The van der Waals surface area contributed by atoms with Crippen LogP contribution in [0.5, 0.6) is 0 Å². The zero-order valence-electron chi connectivity index (χ0n) is 11.5. The summed E-state index contributed by atoms with van der Waals surface area (Å²) in [6.07, 6.45) is 2.85. The second-order valence-corrected chi connectivity index (χ2v) is 8.35. The van der Waals surface area contributed by atoms with Gasteiger partial charge in [0.1, 0.15) is 0 Å². The minimum Gasteiger partial charge on any atom is -0.315 e. The number of hydrogen-bond acceptors (Lipinski definition) is 3. The van der Waals surface area contributed by atoms with Gasteiger partial charge in [-0.25, -0.2) is 8.42 Å². The zero-order valence-corrected chi connectivity index (χ0v) is 13.9. The van der Waals surface area contributed by atoms with Gasteiger partial charge in [0.2, 0.25) is 10.0 Å². The zero-order chi connectivity index (χ0) is 14.3. The van der Waals surface area contributed by atoms with E-state index < -0.39 is 10.0 Å². The number of nitrogens with zero attached hydrogens (tertiary/aromatic N) is 1. The molecule has 6 heteroatoms. The number of rotatable bonds is 2. The van der Waals surface area contributed by atoms with Crippen molar-refractivity contribution in [2.45, 2.75) is 43.2 Å². The van der Waals surface area contributed by atoms with Crippen molar-refractivity contribution in [3.8, 4) is 0 Å². The molecule has 0 aliphatic carbocycles. The van der Waals surface area contributed by atoms with Gasteiger partial charge in [0.25, 0.3) is 0 Å². The lowest BCUT2D eigenvalue weighted by Gasteiger charge is -2.27. The van der Waals surface area contributed by atoms with Gasteiger partial charge in [0.15, 0.2) is 0 Å². The molecule has 1 aromatic rings. The maximum absolute atomic E-state index is 13.1. The third-order valence-corrected chi connectivity index (χ3v) is 6.93. The highest BCUT2D eigenvalue weighted by atomic mass is 79.9. The molecule has 2 saturated heterocycles. The number of halogens is 1. The monoisotopic (exact) mass is 358 g/mol. The fourth-order valence-electron chi connectivity index (χ4n) is 3.30. The van der Waals surface area contributed by atoms with Crippen molar-refractivity contribution in [2.24, 2.45) is 0 Å². The standard InChI is InChI=1S/C14H19BrN2O2S/c1-10-2-3-11(15)8-14(10)20(18,19)17-12-4-5-13(17)9-16-7-6-12/h2-3,8,12-13,16H,4-7,9H2,1H3. The van der Waals surface area contributed by atoms with Gasteiger partial charge < -0.3 is 5.32 Å². The topological polar surface area (TPSA) is 49.4 Å². The van der Waals surface area contributed by atoms with Crippen molar-refractivity contribution < 1.29 is 8.42 Å². The second-order valence-electron chi connectivity index (χ2n) is 5.62. The van der Waals surface area contributed by atoms with E-state index in [-0.39, 0.29) is 12.1 Å². The number of hydrogen-bond donors (Lipinski definition) is 1. The van der Waals surface area contributed by atoms with Gasteiger partial charge >= 0.3 is 0 Å². The maximum Gasteiger partial charge on any atom is 0.243 e. The van der Waals surface area contributed by atoms with Crippen LogP contribution >= 0.6 is 15.9 Å². The molecule has 0 saturated carbocycles. The van der Waals surface area contributed by atoms with Crippen molar-refractivity contribution in [1.82, 2.24) is 9.62 Å². The molecule has 0 spiro atoms. The predicted molar refractivity (Wildman–Crippen MR) is 82.2 cm³/mol. The van der Waals surface area contributed by atoms with E-state index in [9.17, 15) is 8.42 Å². The molecular weight excluding hydrogens is 340 g/mol. The highest BCUT2D eigenvalue weighted by molar-refractivity contribution is 9.10. The van der Waals surface area contributed by atoms with E-state index >= 15 is 0 Å². The third-order valence-electron chi connectivity index (χ3n) is 4.29. The van der Waals surface area contributed by atoms with Crippen LogP contribution in [-0.2, 0) is 10.0 Å². The maximum atomic E-state index is 13.1. The lowest BCUT2D eigenvalue weighted by atomic mass is 10.1. The molecule has 2 aliphatic rings. The van der Waals surface area contributed by atoms with Gasteiger partial charge in [0, 0.05) is 23.1 Å². The van der Waals surface area contributed by atoms with Crippen LogP contribution in [0.25, 0.3) is 0 Å². The molecular formula is C14H19BrN2O2S. The number of fused-ring (bicyclic) bond motifs is 2. The second kappa shape index (κ2) is 5.40. The largest absolute Gasteiger partial charge is 0.315 e. The first-order valence-electron chi connectivity index (χ1n) is 7.00. The third kappa shape index (κ3) is 2.43. The molecule has 2 atom stereocenters. The molecule has 0 amide bonds. The van der Waals surface area contributed by atoms with Crippen molar-refractivity contribution in [1.29, 1.82) is 0 Å². The Morgan fingerprint density at radius 2 is 2.00 bits per heavy atom. The van der Waals surface area contributed by atoms with Gasteiger partial charge in [-0.2, -0.15) is 4.31 Å². The summed E-state index contributed by atoms with van der Waals surface area (Å²) in [5.74, 6) is 0. The van der Waals surface area contributed by atoms with Crippen LogP contribution in [-0.4, -0.2) is 37.9 Å². The molecule has 2 unspecified atom stereocenters. The number of benzene rings is 1. The van der Waals surface area contributed by atoms with Crippen LogP contribution in [0.2, 0.25) is 0 Å². The molecule has 1 N–H and O–H groups in total. The number of aryl methyl sites for hydroxylation is 1. The summed E-state index contributed by atoms with van der Waals surface area (Å²) in [6.45, 7) is 3.53. The Morgan fingerprint density at radius 3 is 2.80 bits per heavy atom. The van der Waals surface area contributed by atoms with Crippen molar-refractivity contribution in [3.05, 3.63) is 28.2 Å². The van der Waals surface area contributed by atoms with Crippen LogP contribution in [0.3, 0.4) is 0 Å². The quantitative estimate of drug-likeness (QED) is 0.882. The van der Waals surface area contributed by atoms with E-state index in [4.69, 9.17) is 0 Å². The molecule has 2 bridgehead atoms. The SMILES string of the molecule is Cc1ccc(Br)cc1S(=O)(=O)N1C2CCNCC1CC2. The van der Waals surface area contributed by atoms with Gasteiger partial charge in [-0.1, -0.05) is 22.0 Å². The summed E-state index contributed by atoms with van der Waals surface area (Å²) in [5.41, 5.74) is 0.810. The number of sulfonamides is 1. The molecule has 0 radical (unpaired) electrons. The molecule has 3 rings (SSSR count). The van der Waals surface area contributed by atoms with E-state index in [0.29, 0.717) is 4.90 Å². The molecule has 1 aromatic carbocycles. The first-order valence-corrected chi connectivity index (χ1v) is 9.24. The van der Waals surface area contributed by atoms with E-state index in [2.05, 4.69) is 21.2 Å². The molecule has 2 aliphatic heterocycles. The van der Waals surface area contributed by atoms with Crippen molar-refractivity contribution in [3.63, 3.8) is 0 Å². The summed E-state index contributed by atoms with van der Waals surface area (Å²) in [4.78, 5) is 0.436. The Balaban J connectivity index is 2.05. The van der Waals surface area contributed by atoms with E-state index in [0.717, 1.165) is 42.4 Å². The average molecular weight is 359 g/mol. The summed E-state index contributed by atoms with van der Waals surface area (Å²) in [7, 11) is -3.41. The van der Waals surface area contributed by atoms with E-state index in [1.165, 1.54) is 0 Å². The highest BCUT2D eigenvalue weighted by Gasteiger charge is 2.43. The van der Waals surface area contributed by atoms with Crippen molar-refractivity contribution in [2.75, 3.05) is 13.1 Å². The van der Waals surface area contributed by atoms with Gasteiger partial charge in [-0.3, -0.25) is 0 Å². The lowest BCUT2D eigenvalue weighted by Crippen LogP contribution is -2.42. The Labute approximate surface area is 128 Å². The highest BCUT2D eigenvalue weighted by Crippen LogP contribution is 2.35. The molecule has 0 aromatic heterocycles. The molecule has 4 nitrogen and oxygen atoms in total.